The molecule has 1 aromatic carbocycles. The van der Waals surface area contributed by atoms with E-state index in [0.717, 1.165) is 4.88 Å². The second kappa shape index (κ2) is 8.34. The van der Waals surface area contributed by atoms with Gasteiger partial charge in [0.1, 0.15) is 0 Å². The fourth-order valence-electron chi connectivity index (χ4n) is 2.08. The zero-order chi connectivity index (χ0) is 16.8. The van der Waals surface area contributed by atoms with Gasteiger partial charge in [-0.3, -0.25) is 9.59 Å². The highest BCUT2D eigenvalue weighted by Crippen LogP contribution is 2.29. The molecule has 0 aliphatic carbocycles. The number of carbonyl (C=O) groups excluding carboxylic acids is 2. The summed E-state index contributed by atoms with van der Waals surface area (Å²) in [4.78, 5) is 26.2. The highest BCUT2D eigenvalue weighted by Gasteiger charge is 2.15. The number of thiophene rings is 1. The number of rotatable bonds is 6. The van der Waals surface area contributed by atoms with E-state index in [4.69, 9.17) is 23.2 Å². The summed E-state index contributed by atoms with van der Waals surface area (Å²) < 4.78 is 0. The number of anilines is 1. The molecule has 1 aromatic heterocycles. The van der Waals surface area contributed by atoms with Crippen LogP contribution in [0.15, 0.2) is 35.7 Å². The van der Waals surface area contributed by atoms with E-state index < -0.39 is 0 Å². The topological polar surface area (TPSA) is 49.4 Å². The smallest absolute Gasteiger partial charge is 0.225 e. The van der Waals surface area contributed by atoms with E-state index >= 15 is 0 Å². The number of halogens is 2. The Kier molecular flexibility index (Phi) is 6.45. The van der Waals surface area contributed by atoms with Crippen molar-refractivity contribution in [1.29, 1.82) is 0 Å². The minimum Gasteiger partial charge on any atom is -0.354 e. The van der Waals surface area contributed by atoms with Crippen LogP contribution in [0.1, 0.15) is 11.8 Å². The largest absolute Gasteiger partial charge is 0.354 e. The lowest BCUT2D eigenvalue weighted by Gasteiger charge is -2.22. The predicted molar refractivity (Wildman–Crippen MR) is 95.5 cm³/mol. The Morgan fingerprint density at radius 3 is 2.70 bits per heavy atom. The standard InChI is InChI=1S/C16H16Cl2N2O2S/c1-11(21)20(15-9-12(17)4-5-14(15)18)7-6-19-16(22)10-13-3-2-8-23-13/h2-5,8-9H,6-7,10H2,1H3,(H,19,22). The molecule has 1 heterocycles. The third-order valence-electron chi connectivity index (χ3n) is 3.15. The number of hydrogen-bond donors (Lipinski definition) is 1. The van der Waals surface area contributed by atoms with Gasteiger partial charge in [-0.1, -0.05) is 29.3 Å². The van der Waals surface area contributed by atoms with Crippen LogP contribution >= 0.6 is 34.5 Å². The molecule has 0 unspecified atom stereocenters. The maximum absolute atomic E-state index is 11.9. The molecule has 7 heteroatoms. The molecular formula is C16H16Cl2N2O2S. The second-order valence-electron chi connectivity index (χ2n) is 4.87. The van der Waals surface area contributed by atoms with Gasteiger partial charge in [-0.15, -0.1) is 11.3 Å². The Morgan fingerprint density at radius 2 is 2.04 bits per heavy atom. The number of benzene rings is 1. The van der Waals surface area contributed by atoms with Gasteiger partial charge in [0.15, 0.2) is 0 Å². The number of nitrogens with zero attached hydrogens (tertiary/aromatic N) is 1. The quantitative estimate of drug-likeness (QED) is 0.841. The van der Waals surface area contributed by atoms with E-state index in [2.05, 4.69) is 5.32 Å². The minimum absolute atomic E-state index is 0.0758. The molecule has 23 heavy (non-hydrogen) atoms. The normalized spacial score (nSPS) is 10.4. The SMILES string of the molecule is CC(=O)N(CCNC(=O)Cc1cccs1)c1cc(Cl)ccc1Cl. The Labute approximate surface area is 149 Å². The van der Waals surface area contributed by atoms with Crippen molar-refractivity contribution in [3.05, 3.63) is 50.6 Å². The van der Waals surface area contributed by atoms with E-state index in [9.17, 15) is 9.59 Å². The van der Waals surface area contributed by atoms with Crippen LogP contribution in [-0.4, -0.2) is 24.9 Å². The zero-order valence-corrected chi connectivity index (χ0v) is 14.8. The summed E-state index contributed by atoms with van der Waals surface area (Å²) >= 11 is 13.6. The molecular weight excluding hydrogens is 355 g/mol. The van der Waals surface area contributed by atoms with Crippen LogP contribution in [0, 0.1) is 0 Å². The number of nitrogens with one attached hydrogen (secondary N) is 1. The molecule has 0 fully saturated rings. The van der Waals surface area contributed by atoms with Crippen LogP contribution in [0.25, 0.3) is 0 Å². The zero-order valence-electron chi connectivity index (χ0n) is 12.5. The van der Waals surface area contributed by atoms with Crippen molar-refractivity contribution in [2.75, 3.05) is 18.0 Å². The van der Waals surface area contributed by atoms with Crippen molar-refractivity contribution < 1.29 is 9.59 Å². The third-order valence-corrected chi connectivity index (χ3v) is 4.58. The summed E-state index contributed by atoms with van der Waals surface area (Å²) in [6.45, 7) is 2.11. The number of carbonyl (C=O) groups is 2. The third kappa shape index (κ3) is 5.23. The van der Waals surface area contributed by atoms with Gasteiger partial charge in [0.25, 0.3) is 0 Å². The van der Waals surface area contributed by atoms with Crippen molar-refractivity contribution in [2.45, 2.75) is 13.3 Å². The molecule has 2 aromatic rings. The van der Waals surface area contributed by atoms with Crippen LogP contribution in [-0.2, 0) is 16.0 Å². The van der Waals surface area contributed by atoms with Crippen LogP contribution in [0.4, 0.5) is 5.69 Å². The minimum atomic E-state index is -0.165. The summed E-state index contributed by atoms with van der Waals surface area (Å²) in [6, 6.07) is 8.77. The molecule has 0 saturated carbocycles. The van der Waals surface area contributed by atoms with E-state index in [-0.39, 0.29) is 11.8 Å². The first kappa shape index (κ1) is 17.8. The molecule has 2 amide bonds. The Balaban J connectivity index is 1.94. The van der Waals surface area contributed by atoms with E-state index in [1.807, 2.05) is 17.5 Å². The molecule has 0 radical (unpaired) electrons. The van der Waals surface area contributed by atoms with Gasteiger partial charge in [-0.2, -0.15) is 0 Å². The summed E-state index contributed by atoms with van der Waals surface area (Å²) in [5.74, 6) is -0.241. The number of amides is 2. The second-order valence-corrected chi connectivity index (χ2v) is 6.75. The van der Waals surface area contributed by atoms with Crippen LogP contribution in [0.5, 0.6) is 0 Å². The number of hydrogen-bond acceptors (Lipinski definition) is 3. The van der Waals surface area contributed by atoms with Crippen LogP contribution in [0.3, 0.4) is 0 Å². The lowest BCUT2D eigenvalue weighted by atomic mass is 10.2. The predicted octanol–water partition coefficient (Wildman–Crippen LogP) is 3.77. The fourth-order valence-corrected chi connectivity index (χ4v) is 3.17. The van der Waals surface area contributed by atoms with E-state index in [1.165, 1.54) is 23.2 Å². The monoisotopic (exact) mass is 370 g/mol. The van der Waals surface area contributed by atoms with Crippen molar-refractivity contribution in [3.63, 3.8) is 0 Å². The average Bonchev–Trinajstić information content (AvgIpc) is 2.99. The highest BCUT2D eigenvalue weighted by molar-refractivity contribution is 7.10. The molecule has 0 aliphatic rings. The molecule has 0 spiro atoms. The van der Waals surface area contributed by atoms with Crippen molar-refractivity contribution in [3.8, 4) is 0 Å². The van der Waals surface area contributed by atoms with Gasteiger partial charge in [-0.05, 0) is 29.6 Å². The van der Waals surface area contributed by atoms with Crippen molar-refractivity contribution >= 4 is 52.0 Å². The Hall–Kier alpha value is -1.56. The first-order valence-corrected chi connectivity index (χ1v) is 8.63. The highest BCUT2D eigenvalue weighted by atomic mass is 35.5. The average molecular weight is 371 g/mol. The van der Waals surface area contributed by atoms with Crippen LogP contribution in [0.2, 0.25) is 10.0 Å². The first-order chi connectivity index (χ1) is 11.0. The maximum Gasteiger partial charge on any atom is 0.225 e. The first-order valence-electron chi connectivity index (χ1n) is 6.99. The lowest BCUT2D eigenvalue weighted by Crippen LogP contribution is -2.38. The van der Waals surface area contributed by atoms with E-state index in [0.29, 0.717) is 35.2 Å². The fraction of sp³-hybridized carbons (Fsp3) is 0.250. The molecule has 0 aliphatic heterocycles. The molecule has 0 bridgehead atoms. The lowest BCUT2D eigenvalue weighted by molar-refractivity contribution is -0.120. The molecule has 0 atom stereocenters. The summed E-state index contributed by atoms with van der Waals surface area (Å²) in [5.41, 5.74) is 0.541. The van der Waals surface area contributed by atoms with Gasteiger partial charge < -0.3 is 10.2 Å². The molecule has 1 N–H and O–H groups in total. The van der Waals surface area contributed by atoms with Gasteiger partial charge in [0.2, 0.25) is 11.8 Å². The molecule has 122 valence electrons. The van der Waals surface area contributed by atoms with Gasteiger partial charge >= 0.3 is 0 Å². The van der Waals surface area contributed by atoms with Gasteiger partial charge in [-0.25, -0.2) is 0 Å². The van der Waals surface area contributed by atoms with E-state index in [1.54, 1.807) is 18.2 Å². The molecule has 4 nitrogen and oxygen atoms in total. The molecule has 2 rings (SSSR count). The molecule has 0 saturated heterocycles. The Morgan fingerprint density at radius 1 is 1.26 bits per heavy atom. The summed E-state index contributed by atoms with van der Waals surface area (Å²) in [6.07, 6.45) is 0.343. The summed E-state index contributed by atoms with van der Waals surface area (Å²) in [5, 5.41) is 5.68. The van der Waals surface area contributed by atoms with Gasteiger partial charge in [0, 0.05) is 29.9 Å². The van der Waals surface area contributed by atoms with Crippen molar-refractivity contribution in [1.82, 2.24) is 5.32 Å². The Bertz CT molecular complexity index is 689. The van der Waals surface area contributed by atoms with Crippen LogP contribution < -0.4 is 10.2 Å². The maximum atomic E-state index is 11.9. The van der Waals surface area contributed by atoms with Gasteiger partial charge in [0.05, 0.1) is 17.1 Å². The summed E-state index contributed by atoms with van der Waals surface area (Å²) in [7, 11) is 0. The van der Waals surface area contributed by atoms with Crippen molar-refractivity contribution in [2.24, 2.45) is 0 Å².